The zero-order chi connectivity index (χ0) is 12.8. The number of methoxy groups -OCH3 is 2. The van der Waals surface area contributed by atoms with Gasteiger partial charge in [-0.2, -0.15) is 0 Å². The van der Waals surface area contributed by atoms with Crippen molar-refractivity contribution in [3.05, 3.63) is 23.8 Å². The van der Waals surface area contributed by atoms with Crippen LogP contribution >= 0.6 is 0 Å². The van der Waals surface area contributed by atoms with Crippen LogP contribution in [0.4, 0.5) is 5.69 Å². The lowest BCUT2D eigenvalue weighted by Gasteiger charge is -2.16. The molecule has 1 aromatic carbocycles. The highest BCUT2D eigenvalue weighted by molar-refractivity contribution is 5.82. The molecule has 5 nitrogen and oxygen atoms in total. The summed E-state index contributed by atoms with van der Waals surface area (Å²) in [4.78, 5) is 22.2. The van der Waals surface area contributed by atoms with Gasteiger partial charge in [0.05, 0.1) is 20.1 Å². The van der Waals surface area contributed by atoms with Crippen LogP contribution in [0.25, 0.3) is 0 Å². The maximum atomic E-state index is 11.6. The van der Waals surface area contributed by atoms with Crippen LogP contribution < -0.4 is 10.5 Å². The van der Waals surface area contributed by atoms with Gasteiger partial charge in [0.25, 0.3) is 0 Å². The van der Waals surface area contributed by atoms with Crippen LogP contribution in [0.2, 0.25) is 0 Å². The van der Waals surface area contributed by atoms with Gasteiger partial charge in [-0.1, -0.05) is 6.07 Å². The molecule has 1 atom stereocenters. The van der Waals surface area contributed by atoms with Crippen molar-refractivity contribution in [3.63, 3.8) is 0 Å². The highest BCUT2D eigenvalue weighted by Crippen LogP contribution is 2.31. The van der Waals surface area contributed by atoms with Crippen molar-refractivity contribution in [2.45, 2.75) is 12.3 Å². The molecule has 2 N–H and O–H groups in total. The van der Waals surface area contributed by atoms with Crippen LogP contribution in [-0.2, 0) is 14.3 Å². The summed E-state index contributed by atoms with van der Waals surface area (Å²) in [6.07, 6.45) is 0.727. The molecule has 0 aliphatic heterocycles. The summed E-state index contributed by atoms with van der Waals surface area (Å²) in [5.41, 5.74) is 6.75. The summed E-state index contributed by atoms with van der Waals surface area (Å²) in [6, 6.07) is 4.92. The minimum Gasteiger partial charge on any atom is -0.496 e. The van der Waals surface area contributed by atoms with Crippen LogP contribution in [0.1, 0.15) is 17.9 Å². The van der Waals surface area contributed by atoms with Crippen LogP contribution in [0.15, 0.2) is 18.2 Å². The van der Waals surface area contributed by atoms with Gasteiger partial charge in [-0.05, 0) is 6.07 Å². The quantitative estimate of drug-likeness (QED) is 0.471. The van der Waals surface area contributed by atoms with Crippen molar-refractivity contribution in [2.24, 2.45) is 0 Å². The number of hydrogen-bond acceptors (Lipinski definition) is 5. The largest absolute Gasteiger partial charge is 0.496 e. The minimum atomic E-state index is -0.659. The van der Waals surface area contributed by atoms with Gasteiger partial charge in [0.15, 0.2) is 0 Å². The molecule has 0 heterocycles. The van der Waals surface area contributed by atoms with Gasteiger partial charge < -0.3 is 20.0 Å². The lowest BCUT2D eigenvalue weighted by molar-refractivity contribution is -0.143. The fourth-order valence-electron chi connectivity index (χ4n) is 1.60. The number of ether oxygens (including phenoxy) is 2. The number of anilines is 1. The molecular weight excluding hydrogens is 222 g/mol. The third-order valence-corrected chi connectivity index (χ3v) is 2.45. The van der Waals surface area contributed by atoms with Gasteiger partial charge in [-0.3, -0.25) is 4.79 Å². The molecule has 92 valence electrons. The van der Waals surface area contributed by atoms with E-state index in [2.05, 4.69) is 4.74 Å². The number of esters is 1. The summed E-state index contributed by atoms with van der Waals surface area (Å²) in [5, 5.41) is 0. The molecule has 0 fully saturated rings. The van der Waals surface area contributed by atoms with Crippen molar-refractivity contribution >= 4 is 17.9 Å². The summed E-state index contributed by atoms with van der Waals surface area (Å²) >= 11 is 0. The van der Waals surface area contributed by atoms with Crippen molar-refractivity contribution in [3.8, 4) is 5.75 Å². The van der Waals surface area contributed by atoms with Crippen LogP contribution in [0.3, 0.4) is 0 Å². The molecule has 0 bridgehead atoms. The number of aldehydes is 1. The smallest absolute Gasteiger partial charge is 0.313 e. The van der Waals surface area contributed by atoms with E-state index in [1.54, 1.807) is 18.2 Å². The molecule has 0 saturated heterocycles. The zero-order valence-electron chi connectivity index (χ0n) is 9.80. The summed E-state index contributed by atoms with van der Waals surface area (Å²) < 4.78 is 9.81. The summed E-state index contributed by atoms with van der Waals surface area (Å²) in [5.74, 6) is -0.657. The van der Waals surface area contributed by atoms with Gasteiger partial charge in [-0.15, -0.1) is 0 Å². The van der Waals surface area contributed by atoms with E-state index in [9.17, 15) is 9.59 Å². The topological polar surface area (TPSA) is 78.6 Å². The second kappa shape index (κ2) is 5.89. The zero-order valence-corrected chi connectivity index (χ0v) is 9.80. The Labute approximate surface area is 99.5 Å². The van der Waals surface area contributed by atoms with Crippen molar-refractivity contribution in [1.29, 1.82) is 0 Å². The molecule has 0 radical (unpaired) electrons. The van der Waals surface area contributed by atoms with Crippen LogP contribution in [0, 0.1) is 0 Å². The van der Waals surface area contributed by atoms with E-state index < -0.39 is 11.9 Å². The first-order chi connectivity index (χ1) is 8.13. The average Bonchev–Trinajstić information content (AvgIpc) is 2.35. The molecule has 0 aliphatic carbocycles. The fourth-order valence-corrected chi connectivity index (χ4v) is 1.60. The van der Waals surface area contributed by atoms with E-state index in [1.807, 2.05) is 0 Å². The Morgan fingerprint density at radius 2 is 2.18 bits per heavy atom. The number of rotatable bonds is 5. The van der Waals surface area contributed by atoms with Gasteiger partial charge >= 0.3 is 5.97 Å². The van der Waals surface area contributed by atoms with Crippen molar-refractivity contribution in [1.82, 2.24) is 0 Å². The molecule has 5 heteroatoms. The third-order valence-electron chi connectivity index (χ3n) is 2.45. The Bertz CT molecular complexity index is 417. The predicted octanol–water partition coefficient (Wildman–Crippen LogP) is 1.12. The van der Waals surface area contributed by atoms with E-state index in [4.69, 9.17) is 10.5 Å². The van der Waals surface area contributed by atoms with E-state index in [0.717, 1.165) is 0 Å². The maximum Gasteiger partial charge on any atom is 0.313 e. The number of benzene rings is 1. The van der Waals surface area contributed by atoms with Crippen molar-refractivity contribution < 1.29 is 19.1 Å². The Balaban J connectivity index is 3.17. The Kier molecular flexibility index (Phi) is 4.51. The standard InChI is InChI=1S/C12H15NO4/c1-16-11-7-8(13)3-4-9(11)10(5-6-14)12(15)17-2/h3-4,6-7,10H,5,13H2,1-2H3. The fraction of sp³-hybridized carbons (Fsp3) is 0.333. The summed E-state index contributed by atoms with van der Waals surface area (Å²) in [6.45, 7) is 0. The van der Waals surface area contributed by atoms with E-state index >= 15 is 0 Å². The summed E-state index contributed by atoms with van der Waals surface area (Å²) in [7, 11) is 2.76. The number of nitrogens with two attached hydrogens (primary N) is 1. The van der Waals surface area contributed by atoms with Crippen LogP contribution in [-0.4, -0.2) is 26.5 Å². The Morgan fingerprint density at radius 3 is 2.71 bits per heavy atom. The SMILES string of the molecule is COC(=O)C(CC=O)c1ccc(N)cc1OC. The lowest BCUT2D eigenvalue weighted by atomic mass is 9.95. The molecule has 1 aromatic rings. The molecule has 0 saturated carbocycles. The lowest BCUT2D eigenvalue weighted by Crippen LogP contribution is -2.15. The second-order valence-electron chi connectivity index (χ2n) is 3.48. The highest BCUT2D eigenvalue weighted by atomic mass is 16.5. The van der Waals surface area contributed by atoms with Crippen LogP contribution in [0.5, 0.6) is 5.75 Å². The van der Waals surface area contributed by atoms with E-state index in [0.29, 0.717) is 23.3 Å². The predicted molar refractivity (Wildman–Crippen MR) is 62.8 cm³/mol. The Morgan fingerprint density at radius 1 is 1.47 bits per heavy atom. The maximum absolute atomic E-state index is 11.6. The third kappa shape index (κ3) is 2.96. The molecule has 0 aromatic heterocycles. The van der Waals surface area contributed by atoms with Gasteiger partial charge in [0.2, 0.25) is 0 Å². The molecule has 0 amide bonds. The minimum absolute atomic E-state index is 0.0486. The van der Waals surface area contributed by atoms with Gasteiger partial charge in [0, 0.05) is 23.7 Å². The number of carbonyl (C=O) groups is 2. The normalized spacial score (nSPS) is 11.6. The highest BCUT2D eigenvalue weighted by Gasteiger charge is 2.24. The molecule has 0 aliphatic rings. The van der Waals surface area contributed by atoms with Gasteiger partial charge in [0.1, 0.15) is 12.0 Å². The monoisotopic (exact) mass is 237 g/mol. The average molecular weight is 237 g/mol. The van der Waals surface area contributed by atoms with Gasteiger partial charge in [-0.25, -0.2) is 0 Å². The molecular formula is C12H15NO4. The first-order valence-electron chi connectivity index (χ1n) is 5.09. The van der Waals surface area contributed by atoms with Crippen molar-refractivity contribution in [2.75, 3.05) is 20.0 Å². The first kappa shape index (κ1) is 13.0. The van der Waals surface area contributed by atoms with E-state index in [1.165, 1.54) is 14.2 Å². The van der Waals surface area contributed by atoms with E-state index in [-0.39, 0.29) is 6.42 Å². The second-order valence-corrected chi connectivity index (χ2v) is 3.48. The molecule has 1 unspecified atom stereocenters. The molecule has 0 spiro atoms. The Hall–Kier alpha value is -2.04. The molecule has 1 rings (SSSR count). The number of nitrogen functional groups attached to an aromatic ring is 1. The molecule has 17 heavy (non-hydrogen) atoms. The number of carbonyl (C=O) groups excluding carboxylic acids is 2. The first-order valence-corrected chi connectivity index (χ1v) is 5.09. The number of hydrogen-bond donors (Lipinski definition) is 1.